The van der Waals surface area contributed by atoms with E-state index in [4.69, 9.17) is 38.0 Å². The van der Waals surface area contributed by atoms with Crippen LogP contribution in [0.3, 0.4) is 0 Å². The number of halogens is 1. The van der Waals surface area contributed by atoms with E-state index in [1.165, 1.54) is 0 Å². The minimum Gasteiger partial charge on any atom is -0.467 e. The first-order chi connectivity index (χ1) is 11.9. The predicted octanol–water partition coefficient (Wildman–Crippen LogP) is 2.51. The van der Waals surface area contributed by atoms with Gasteiger partial charge >= 0.3 is 5.97 Å². The second kappa shape index (κ2) is 6.97. The Labute approximate surface area is 157 Å². The highest BCUT2D eigenvalue weighted by molar-refractivity contribution is 7.80. The SMILES string of the molecule is CCOC(=O)C1C2NC(=S)N(CCOC)C1(C)Oc1ccc(Cl)cc12. The van der Waals surface area contributed by atoms with Gasteiger partial charge < -0.3 is 24.4 Å². The minimum absolute atomic E-state index is 0.295. The molecule has 136 valence electrons. The summed E-state index contributed by atoms with van der Waals surface area (Å²) < 4.78 is 16.8. The third kappa shape index (κ3) is 3.05. The zero-order chi connectivity index (χ0) is 18.2. The number of ether oxygens (including phenoxy) is 3. The summed E-state index contributed by atoms with van der Waals surface area (Å²) in [6, 6.07) is 5.02. The standard InChI is InChI=1S/C17H21ClN2O4S/c1-4-23-15(21)13-14-11-9-10(18)5-6-12(11)24-17(13,2)20(7-8-22-3)16(25)19-14/h5-6,9,13-14H,4,7-8H2,1-3H3,(H,19,25). The highest BCUT2D eigenvalue weighted by atomic mass is 35.5. The Balaban J connectivity index is 2.09. The van der Waals surface area contributed by atoms with Crippen LogP contribution in [-0.4, -0.2) is 48.6 Å². The second-order valence-corrected chi connectivity index (χ2v) is 6.96. The van der Waals surface area contributed by atoms with Crippen LogP contribution in [0.15, 0.2) is 18.2 Å². The first-order valence-corrected chi connectivity index (χ1v) is 8.93. The lowest BCUT2D eigenvalue weighted by molar-refractivity contribution is -0.176. The molecule has 25 heavy (non-hydrogen) atoms. The van der Waals surface area contributed by atoms with E-state index in [0.717, 1.165) is 5.56 Å². The molecule has 0 aromatic heterocycles. The van der Waals surface area contributed by atoms with E-state index < -0.39 is 11.6 Å². The molecule has 0 aliphatic carbocycles. The van der Waals surface area contributed by atoms with Gasteiger partial charge in [0.15, 0.2) is 10.8 Å². The Morgan fingerprint density at radius 2 is 2.28 bits per heavy atom. The summed E-state index contributed by atoms with van der Waals surface area (Å²) in [5.74, 6) is -0.255. The number of nitrogens with zero attached hydrogens (tertiary/aromatic N) is 1. The highest BCUT2D eigenvalue weighted by Gasteiger charge is 2.59. The third-order valence-electron chi connectivity index (χ3n) is 4.65. The first-order valence-electron chi connectivity index (χ1n) is 8.14. The van der Waals surface area contributed by atoms with Crippen molar-refractivity contribution in [2.24, 2.45) is 5.92 Å². The van der Waals surface area contributed by atoms with Gasteiger partial charge in [-0.3, -0.25) is 4.79 Å². The van der Waals surface area contributed by atoms with Gasteiger partial charge in [-0.1, -0.05) is 11.6 Å². The number of rotatable bonds is 5. The molecule has 1 fully saturated rings. The number of carbonyl (C=O) groups is 1. The van der Waals surface area contributed by atoms with Crippen LogP contribution in [0.25, 0.3) is 0 Å². The van der Waals surface area contributed by atoms with Crippen LogP contribution in [0, 0.1) is 5.92 Å². The van der Waals surface area contributed by atoms with E-state index in [9.17, 15) is 4.79 Å². The lowest BCUT2D eigenvalue weighted by Gasteiger charge is -2.55. The molecule has 0 spiro atoms. The van der Waals surface area contributed by atoms with Gasteiger partial charge in [-0.05, 0) is 44.3 Å². The van der Waals surface area contributed by atoms with Crippen molar-refractivity contribution in [3.05, 3.63) is 28.8 Å². The van der Waals surface area contributed by atoms with Crippen LogP contribution < -0.4 is 10.1 Å². The van der Waals surface area contributed by atoms with Crippen molar-refractivity contribution in [2.75, 3.05) is 26.9 Å². The normalized spacial score (nSPS) is 27.2. The molecule has 2 aliphatic rings. The summed E-state index contributed by atoms with van der Waals surface area (Å²) in [5, 5.41) is 4.35. The molecule has 0 saturated carbocycles. The molecule has 2 aliphatic heterocycles. The third-order valence-corrected chi connectivity index (χ3v) is 5.23. The zero-order valence-electron chi connectivity index (χ0n) is 14.4. The van der Waals surface area contributed by atoms with Crippen molar-refractivity contribution in [1.82, 2.24) is 10.2 Å². The van der Waals surface area contributed by atoms with E-state index in [1.807, 2.05) is 17.9 Å². The second-order valence-electron chi connectivity index (χ2n) is 6.14. The maximum atomic E-state index is 12.8. The lowest BCUT2D eigenvalue weighted by atomic mass is 9.79. The molecule has 1 saturated heterocycles. The van der Waals surface area contributed by atoms with Gasteiger partial charge in [-0.15, -0.1) is 0 Å². The van der Waals surface area contributed by atoms with Crippen molar-refractivity contribution in [2.45, 2.75) is 25.6 Å². The van der Waals surface area contributed by atoms with Crippen LogP contribution in [0.4, 0.5) is 0 Å². The van der Waals surface area contributed by atoms with E-state index >= 15 is 0 Å². The quantitative estimate of drug-likeness (QED) is 0.618. The summed E-state index contributed by atoms with van der Waals surface area (Å²) in [5.41, 5.74) is -0.171. The van der Waals surface area contributed by atoms with Crippen LogP contribution >= 0.6 is 23.8 Å². The maximum absolute atomic E-state index is 12.8. The van der Waals surface area contributed by atoms with Crippen molar-refractivity contribution in [3.63, 3.8) is 0 Å². The van der Waals surface area contributed by atoms with Crippen LogP contribution in [-0.2, 0) is 14.3 Å². The van der Waals surface area contributed by atoms with E-state index in [1.54, 1.807) is 26.2 Å². The average molecular weight is 385 g/mol. The number of hydrogen-bond donors (Lipinski definition) is 1. The van der Waals surface area contributed by atoms with Gasteiger partial charge in [0.05, 0.1) is 19.3 Å². The van der Waals surface area contributed by atoms with Gasteiger partial charge in [-0.2, -0.15) is 0 Å². The summed E-state index contributed by atoms with van der Waals surface area (Å²) >= 11 is 11.7. The average Bonchev–Trinajstić information content (AvgIpc) is 2.55. The largest absolute Gasteiger partial charge is 0.467 e. The molecule has 1 aromatic rings. The Hall–Kier alpha value is -1.57. The van der Waals surface area contributed by atoms with E-state index in [2.05, 4.69) is 5.32 Å². The van der Waals surface area contributed by atoms with Crippen LogP contribution in [0.1, 0.15) is 25.5 Å². The zero-order valence-corrected chi connectivity index (χ0v) is 15.9. The molecule has 3 atom stereocenters. The van der Waals surface area contributed by atoms with Crippen molar-refractivity contribution in [3.8, 4) is 5.75 Å². The Bertz CT molecular complexity index is 701. The number of carbonyl (C=O) groups excluding carboxylic acids is 1. The smallest absolute Gasteiger partial charge is 0.317 e. The number of methoxy groups -OCH3 is 1. The molecule has 8 heteroatoms. The molecule has 0 amide bonds. The van der Waals surface area contributed by atoms with Crippen molar-refractivity contribution >= 4 is 34.9 Å². The van der Waals surface area contributed by atoms with E-state index in [-0.39, 0.29) is 12.0 Å². The van der Waals surface area contributed by atoms with Gasteiger partial charge in [0, 0.05) is 24.2 Å². The summed E-state index contributed by atoms with van der Waals surface area (Å²) in [6.45, 7) is 4.88. The Morgan fingerprint density at radius 1 is 1.52 bits per heavy atom. The van der Waals surface area contributed by atoms with E-state index in [0.29, 0.717) is 35.6 Å². The molecular formula is C17H21ClN2O4S. The molecule has 6 nitrogen and oxygen atoms in total. The summed E-state index contributed by atoms with van der Waals surface area (Å²) in [4.78, 5) is 14.6. The predicted molar refractivity (Wildman–Crippen MR) is 97.7 cm³/mol. The lowest BCUT2D eigenvalue weighted by Crippen LogP contribution is -2.71. The van der Waals surface area contributed by atoms with Crippen LogP contribution in [0.2, 0.25) is 5.02 Å². The van der Waals surface area contributed by atoms with Gasteiger partial charge in [0.25, 0.3) is 0 Å². The molecule has 2 heterocycles. The van der Waals surface area contributed by atoms with Crippen LogP contribution in [0.5, 0.6) is 5.75 Å². The Morgan fingerprint density at radius 3 is 2.96 bits per heavy atom. The summed E-state index contributed by atoms with van der Waals surface area (Å²) in [6.07, 6.45) is 0. The Kier molecular flexibility index (Phi) is 5.09. The molecule has 2 bridgehead atoms. The van der Waals surface area contributed by atoms with Gasteiger partial charge in [0.1, 0.15) is 11.7 Å². The molecule has 3 unspecified atom stereocenters. The summed E-state index contributed by atoms with van der Waals surface area (Å²) in [7, 11) is 1.62. The fourth-order valence-electron chi connectivity index (χ4n) is 3.52. The number of fused-ring (bicyclic) bond motifs is 4. The fourth-order valence-corrected chi connectivity index (χ4v) is 4.10. The molecule has 1 N–H and O–H groups in total. The monoisotopic (exact) mass is 384 g/mol. The minimum atomic E-state index is -0.974. The first kappa shape index (κ1) is 18.2. The number of nitrogens with one attached hydrogen (secondary N) is 1. The molecule has 0 radical (unpaired) electrons. The number of esters is 1. The fraction of sp³-hybridized carbons (Fsp3) is 0.529. The van der Waals surface area contributed by atoms with Gasteiger partial charge in [-0.25, -0.2) is 0 Å². The number of hydrogen-bond acceptors (Lipinski definition) is 5. The number of benzene rings is 1. The maximum Gasteiger partial charge on any atom is 0.317 e. The highest BCUT2D eigenvalue weighted by Crippen LogP contribution is 2.49. The van der Waals surface area contributed by atoms with Gasteiger partial charge in [0.2, 0.25) is 0 Å². The topological polar surface area (TPSA) is 60.0 Å². The molecular weight excluding hydrogens is 364 g/mol. The molecule has 3 rings (SSSR count). The number of thiocarbonyl (C=S) groups is 1. The van der Waals surface area contributed by atoms with Crippen molar-refractivity contribution in [1.29, 1.82) is 0 Å². The molecule has 1 aromatic carbocycles. The van der Waals surface area contributed by atoms with Crippen molar-refractivity contribution < 1.29 is 19.0 Å².